The number of hydrogen-bond donors (Lipinski definition) is 1. The minimum absolute atomic E-state index is 0.174. The van der Waals surface area contributed by atoms with Crippen molar-refractivity contribution in [2.75, 3.05) is 13.2 Å². The van der Waals surface area contributed by atoms with Crippen LogP contribution in [0.3, 0.4) is 0 Å². The number of benzene rings is 1. The second kappa shape index (κ2) is 6.27. The largest absolute Gasteiger partial charge is 0.491 e. The maximum absolute atomic E-state index is 12.1. The molecule has 4 nitrogen and oxygen atoms in total. The van der Waals surface area contributed by atoms with Crippen LogP contribution in [0.1, 0.15) is 32.3 Å². The summed E-state index contributed by atoms with van der Waals surface area (Å²) in [6.07, 6.45) is 2.82. The van der Waals surface area contributed by atoms with Crippen LogP contribution in [0.4, 0.5) is 0 Å². The number of hydrogen-bond acceptors (Lipinski definition) is 4. The normalized spacial score (nSPS) is 17.4. The monoisotopic (exact) mass is 277 g/mol. The van der Waals surface area contributed by atoms with Crippen LogP contribution >= 0.6 is 0 Å². The van der Waals surface area contributed by atoms with E-state index in [-0.39, 0.29) is 18.5 Å². The number of nitrogens with two attached hydrogens (primary N) is 1. The van der Waals surface area contributed by atoms with Gasteiger partial charge in [-0.3, -0.25) is 0 Å². The Bertz CT molecular complexity index is 471. The third kappa shape index (κ3) is 3.12. The minimum atomic E-state index is -1.02. The van der Waals surface area contributed by atoms with Crippen LogP contribution in [0.15, 0.2) is 24.3 Å². The fraction of sp³-hybridized carbons (Fsp3) is 0.562. The summed E-state index contributed by atoms with van der Waals surface area (Å²) in [6.45, 7) is 4.38. The van der Waals surface area contributed by atoms with Gasteiger partial charge in [0.05, 0.1) is 6.61 Å². The summed E-state index contributed by atoms with van der Waals surface area (Å²) in [6, 6.07) is 7.84. The highest BCUT2D eigenvalue weighted by atomic mass is 16.5. The molecule has 4 heteroatoms. The van der Waals surface area contributed by atoms with E-state index in [2.05, 4.69) is 6.92 Å². The van der Waals surface area contributed by atoms with Crippen LogP contribution in [0.25, 0.3) is 0 Å². The standard InChI is InChI=1S/C16H23NO3/c1-3-12-7-5-6-8-14(12)20-11-16(17,13-9-10-13)15(18)19-4-2/h5-8,13H,3-4,9-11,17H2,1-2H3. The van der Waals surface area contributed by atoms with Gasteiger partial charge in [0.2, 0.25) is 0 Å². The number of ether oxygens (including phenoxy) is 2. The molecule has 1 unspecified atom stereocenters. The third-order valence-electron chi connectivity index (χ3n) is 3.78. The van der Waals surface area contributed by atoms with Gasteiger partial charge < -0.3 is 15.2 Å². The van der Waals surface area contributed by atoms with Gasteiger partial charge in [-0.1, -0.05) is 25.1 Å². The van der Waals surface area contributed by atoms with E-state index in [1.54, 1.807) is 6.92 Å². The van der Waals surface area contributed by atoms with Gasteiger partial charge in [-0.25, -0.2) is 4.79 Å². The Labute approximate surface area is 120 Å². The Balaban J connectivity index is 2.07. The Morgan fingerprint density at radius 3 is 2.65 bits per heavy atom. The molecule has 0 radical (unpaired) electrons. The molecule has 0 bridgehead atoms. The zero-order chi connectivity index (χ0) is 14.6. The van der Waals surface area contributed by atoms with Crippen molar-refractivity contribution in [3.8, 4) is 5.75 Å². The van der Waals surface area contributed by atoms with Gasteiger partial charge in [0.1, 0.15) is 12.4 Å². The average Bonchev–Trinajstić information content (AvgIpc) is 3.30. The summed E-state index contributed by atoms with van der Waals surface area (Å²) < 4.78 is 10.9. The highest BCUT2D eigenvalue weighted by Gasteiger charge is 2.50. The van der Waals surface area contributed by atoms with E-state index < -0.39 is 5.54 Å². The Morgan fingerprint density at radius 2 is 2.05 bits per heavy atom. The van der Waals surface area contributed by atoms with Crippen molar-refractivity contribution < 1.29 is 14.3 Å². The SMILES string of the molecule is CCOC(=O)C(N)(COc1ccccc1CC)C1CC1. The van der Waals surface area contributed by atoms with Crippen LogP contribution in [-0.2, 0) is 16.0 Å². The van der Waals surface area contributed by atoms with Crippen molar-refractivity contribution in [2.45, 2.75) is 38.6 Å². The second-order valence-corrected chi connectivity index (χ2v) is 5.29. The predicted molar refractivity (Wildman–Crippen MR) is 77.6 cm³/mol. The molecule has 0 saturated heterocycles. The van der Waals surface area contributed by atoms with Crippen molar-refractivity contribution in [1.82, 2.24) is 0 Å². The summed E-state index contributed by atoms with van der Waals surface area (Å²) in [5, 5.41) is 0. The van der Waals surface area contributed by atoms with E-state index in [4.69, 9.17) is 15.2 Å². The number of carbonyl (C=O) groups is 1. The predicted octanol–water partition coefficient (Wildman–Crippen LogP) is 2.30. The summed E-state index contributed by atoms with van der Waals surface area (Å²) in [4.78, 5) is 12.1. The molecule has 0 heterocycles. The van der Waals surface area contributed by atoms with E-state index in [1.165, 1.54) is 0 Å². The molecule has 1 atom stereocenters. The van der Waals surface area contributed by atoms with Gasteiger partial charge in [0.25, 0.3) is 0 Å². The summed E-state index contributed by atoms with van der Waals surface area (Å²) in [7, 11) is 0. The van der Waals surface area contributed by atoms with Crippen LogP contribution in [-0.4, -0.2) is 24.7 Å². The first-order valence-electron chi connectivity index (χ1n) is 7.28. The zero-order valence-electron chi connectivity index (χ0n) is 12.2. The number of aryl methyl sites for hydroxylation is 1. The molecule has 110 valence electrons. The van der Waals surface area contributed by atoms with Crippen LogP contribution < -0.4 is 10.5 Å². The van der Waals surface area contributed by atoms with E-state index in [9.17, 15) is 4.79 Å². The van der Waals surface area contributed by atoms with Gasteiger partial charge in [0.15, 0.2) is 5.54 Å². The average molecular weight is 277 g/mol. The van der Waals surface area contributed by atoms with Crippen molar-refractivity contribution in [2.24, 2.45) is 11.7 Å². The molecule has 1 aromatic rings. The quantitative estimate of drug-likeness (QED) is 0.777. The van der Waals surface area contributed by atoms with Crippen molar-refractivity contribution >= 4 is 5.97 Å². The molecule has 2 N–H and O–H groups in total. The first-order valence-corrected chi connectivity index (χ1v) is 7.28. The van der Waals surface area contributed by atoms with Gasteiger partial charge in [-0.05, 0) is 43.7 Å². The lowest BCUT2D eigenvalue weighted by molar-refractivity contribution is -0.152. The Morgan fingerprint density at radius 1 is 1.35 bits per heavy atom. The number of para-hydroxylation sites is 1. The molecule has 1 aliphatic carbocycles. The van der Waals surface area contributed by atoms with Crippen LogP contribution in [0, 0.1) is 5.92 Å². The topological polar surface area (TPSA) is 61.5 Å². The smallest absolute Gasteiger partial charge is 0.329 e. The van der Waals surface area contributed by atoms with Crippen molar-refractivity contribution in [3.05, 3.63) is 29.8 Å². The van der Waals surface area contributed by atoms with Gasteiger partial charge >= 0.3 is 5.97 Å². The lowest BCUT2D eigenvalue weighted by Crippen LogP contribution is -2.55. The Hall–Kier alpha value is -1.55. The van der Waals surface area contributed by atoms with Crippen LogP contribution in [0.2, 0.25) is 0 Å². The summed E-state index contributed by atoms with van der Waals surface area (Å²) in [5.74, 6) is 0.626. The maximum atomic E-state index is 12.1. The van der Waals surface area contributed by atoms with E-state index in [0.717, 1.165) is 30.6 Å². The van der Waals surface area contributed by atoms with Gasteiger partial charge in [-0.15, -0.1) is 0 Å². The maximum Gasteiger partial charge on any atom is 0.329 e. The molecular weight excluding hydrogens is 254 g/mol. The second-order valence-electron chi connectivity index (χ2n) is 5.29. The lowest BCUT2D eigenvalue weighted by atomic mass is 9.96. The molecule has 2 rings (SSSR count). The molecule has 1 aromatic carbocycles. The molecule has 0 aliphatic heterocycles. The van der Waals surface area contributed by atoms with Gasteiger partial charge in [0, 0.05) is 0 Å². The first kappa shape index (κ1) is 14.9. The van der Waals surface area contributed by atoms with E-state index in [1.807, 2.05) is 24.3 Å². The highest BCUT2D eigenvalue weighted by molar-refractivity contribution is 5.81. The molecule has 0 aromatic heterocycles. The van der Waals surface area contributed by atoms with Crippen molar-refractivity contribution in [1.29, 1.82) is 0 Å². The molecule has 1 aliphatic rings. The van der Waals surface area contributed by atoms with Gasteiger partial charge in [-0.2, -0.15) is 0 Å². The molecule has 1 fully saturated rings. The minimum Gasteiger partial charge on any atom is -0.491 e. The first-order chi connectivity index (χ1) is 9.61. The number of esters is 1. The fourth-order valence-electron chi connectivity index (χ4n) is 2.34. The summed E-state index contributed by atoms with van der Waals surface area (Å²) in [5.41, 5.74) is 6.38. The van der Waals surface area contributed by atoms with Crippen LogP contribution in [0.5, 0.6) is 5.75 Å². The zero-order valence-corrected chi connectivity index (χ0v) is 12.2. The number of rotatable bonds is 7. The molecule has 0 spiro atoms. The van der Waals surface area contributed by atoms with Crippen molar-refractivity contribution in [3.63, 3.8) is 0 Å². The highest BCUT2D eigenvalue weighted by Crippen LogP contribution is 2.39. The lowest BCUT2D eigenvalue weighted by Gasteiger charge is -2.27. The Kier molecular flexibility index (Phi) is 4.65. The molecular formula is C16H23NO3. The number of carbonyl (C=O) groups excluding carboxylic acids is 1. The van der Waals surface area contributed by atoms with E-state index in [0.29, 0.717) is 6.61 Å². The van der Waals surface area contributed by atoms with E-state index >= 15 is 0 Å². The molecule has 20 heavy (non-hydrogen) atoms. The third-order valence-corrected chi connectivity index (χ3v) is 3.78. The molecule has 1 saturated carbocycles. The fourth-order valence-corrected chi connectivity index (χ4v) is 2.34. The summed E-state index contributed by atoms with van der Waals surface area (Å²) >= 11 is 0. The molecule has 0 amide bonds.